The number of ether oxygens (including phenoxy) is 1. The summed E-state index contributed by atoms with van der Waals surface area (Å²) >= 11 is 0. The smallest absolute Gasteiger partial charge is 0.310 e. The first-order chi connectivity index (χ1) is 8.99. The summed E-state index contributed by atoms with van der Waals surface area (Å²) in [4.78, 5) is 17.3. The largest absolute Gasteiger partial charge is 0.469 e. The molecule has 1 rings (SSSR count). The van der Waals surface area contributed by atoms with Crippen LogP contribution in [0.5, 0.6) is 0 Å². The van der Waals surface area contributed by atoms with Crippen LogP contribution in [-0.2, 0) is 9.53 Å². The monoisotopic (exact) mass is 405 g/mol. The van der Waals surface area contributed by atoms with Gasteiger partial charge in [-0.05, 0) is 12.8 Å². The Morgan fingerprint density at radius 3 is 2.65 bits per heavy atom. The highest BCUT2D eigenvalue weighted by Crippen LogP contribution is 2.24. The zero-order valence-electron chi connectivity index (χ0n) is 11.9. The van der Waals surface area contributed by atoms with E-state index in [1.807, 2.05) is 18.7 Å². The minimum Gasteiger partial charge on any atom is -0.469 e. The summed E-state index contributed by atoms with van der Waals surface area (Å²) in [5.74, 6) is 0.0454. The lowest BCUT2D eigenvalue weighted by atomic mass is 9.99. The molecule has 0 bridgehead atoms. The fourth-order valence-corrected chi connectivity index (χ4v) is 2.18. The number of carbonyl (C=O) groups is 1. The van der Waals surface area contributed by atoms with Crippen LogP contribution >= 0.6 is 24.0 Å². The normalized spacial score (nSPS) is 22.7. The molecule has 1 N–H and O–H groups in total. The summed E-state index contributed by atoms with van der Waals surface area (Å²) in [5, 5.41) is 2.97. The predicted molar refractivity (Wildman–Crippen MR) is 83.6 cm³/mol. The lowest BCUT2D eigenvalue weighted by Gasteiger charge is -2.21. The highest BCUT2D eigenvalue weighted by molar-refractivity contribution is 14.0. The minimum atomic E-state index is -2.47. The van der Waals surface area contributed by atoms with Crippen molar-refractivity contribution in [2.45, 2.75) is 20.3 Å². The quantitative estimate of drug-likeness (QED) is 0.334. The van der Waals surface area contributed by atoms with Crippen LogP contribution in [-0.4, -0.2) is 56.5 Å². The molecule has 5 nitrogen and oxygen atoms in total. The van der Waals surface area contributed by atoms with Gasteiger partial charge in [-0.15, -0.1) is 24.0 Å². The summed E-state index contributed by atoms with van der Waals surface area (Å²) in [5.41, 5.74) is 0. The van der Waals surface area contributed by atoms with E-state index in [4.69, 9.17) is 4.74 Å². The number of guanidine groups is 1. The fraction of sp³-hybridized carbons (Fsp3) is 0.833. The number of rotatable bonds is 4. The number of hydrogen-bond donors (Lipinski definition) is 1. The first-order valence-electron chi connectivity index (χ1n) is 6.38. The number of likely N-dealkylation sites (tertiary alicyclic amines) is 1. The topological polar surface area (TPSA) is 53.9 Å². The van der Waals surface area contributed by atoms with Gasteiger partial charge in [0.1, 0.15) is 6.54 Å². The molecule has 0 aliphatic carbocycles. The van der Waals surface area contributed by atoms with Gasteiger partial charge in [0.05, 0.1) is 13.0 Å². The maximum absolute atomic E-state index is 12.2. The Morgan fingerprint density at radius 2 is 2.15 bits per heavy atom. The molecule has 1 saturated heterocycles. The molecule has 0 amide bonds. The Hall–Kier alpha value is -0.670. The molecule has 8 heteroatoms. The number of esters is 1. The van der Waals surface area contributed by atoms with E-state index in [-0.39, 0.29) is 41.8 Å². The summed E-state index contributed by atoms with van der Waals surface area (Å²) < 4.78 is 29.2. The number of carbonyl (C=O) groups excluding carboxylic acids is 1. The first kappa shape index (κ1) is 19.3. The average Bonchev–Trinajstić information content (AvgIpc) is 2.75. The lowest BCUT2D eigenvalue weighted by molar-refractivity contribution is -0.145. The number of hydrogen-bond acceptors (Lipinski definition) is 3. The summed E-state index contributed by atoms with van der Waals surface area (Å²) in [6.07, 6.45) is -2.47. The maximum Gasteiger partial charge on any atom is 0.310 e. The molecule has 0 saturated carbocycles. The van der Waals surface area contributed by atoms with Gasteiger partial charge in [0.15, 0.2) is 5.96 Å². The highest BCUT2D eigenvalue weighted by Gasteiger charge is 2.36. The van der Waals surface area contributed by atoms with Crippen molar-refractivity contribution in [3.63, 3.8) is 0 Å². The number of aliphatic imine (C=N–C) groups is 1. The zero-order chi connectivity index (χ0) is 14.4. The standard InChI is InChI=1S/C12H21F2N3O2.HI/c1-4-15-12(16-5-10(13)14)17-6-8(2)9(7-17)11(18)19-3;/h8-10H,4-7H2,1-3H3,(H,15,16);1H. The van der Waals surface area contributed by atoms with Crippen LogP contribution < -0.4 is 5.32 Å². The molecule has 0 aromatic rings. The SMILES string of the molecule is CCNC(=NCC(F)F)N1CC(C)C(C(=O)OC)C1.I. The third-order valence-corrected chi connectivity index (χ3v) is 3.13. The van der Waals surface area contributed by atoms with E-state index in [1.54, 1.807) is 0 Å². The molecule has 0 spiro atoms. The van der Waals surface area contributed by atoms with Gasteiger partial charge in [0.2, 0.25) is 0 Å². The molecular formula is C12H22F2IN3O2. The van der Waals surface area contributed by atoms with Crippen molar-refractivity contribution in [3.8, 4) is 0 Å². The minimum absolute atomic E-state index is 0. The van der Waals surface area contributed by atoms with Crippen molar-refractivity contribution >= 4 is 35.9 Å². The zero-order valence-corrected chi connectivity index (χ0v) is 14.3. The second-order valence-corrected chi connectivity index (χ2v) is 4.60. The van der Waals surface area contributed by atoms with Crippen molar-refractivity contribution < 1.29 is 18.3 Å². The number of alkyl halides is 2. The van der Waals surface area contributed by atoms with Gasteiger partial charge in [-0.1, -0.05) is 6.92 Å². The summed E-state index contributed by atoms with van der Waals surface area (Å²) in [6.45, 7) is 4.93. The van der Waals surface area contributed by atoms with E-state index in [9.17, 15) is 13.6 Å². The molecule has 0 aromatic carbocycles. The number of methoxy groups -OCH3 is 1. The van der Waals surface area contributed by atoms with Crippen LogP contribution in [0, 0.1) is 11.8 Å². The molecule has 0 aromatic heterocycles. The van der Waals surface area contributed by atoms with Crippen LogP contribution in [0.15, 0.2) is 4.99 Å². The average molecular weight is 405 g/mol. The van der Waals surface area contributed by atoms with Crippen molar-refractivity contribution in [1.29, 1.82) is 0 Å². The lowest BCUT2D eigenvalue weighted by Crippen LogP contribution is -2.41. The molecule has 0 radical (unpaired) electrons. The van der Waals surface area contributed by atoms with Gasteiger partial charge in [0, 0.05) is 19.6 Å². The number of nitrogens with one attached hydrogen (secondary N) is 1. The van der Waals surface area contributed by atoms with Gasteiger partial charge in [-0.25, -0.2) is 13.8 Å². The summed E-state index contributed by atoms with van der Waals surface area (Å²) in [7, 11) is 1.35. The molecule has 1 heterocycles. The molecule has 1 fully saturated rings. The van der Waals surface area contributed by atoms with E-state index >= 15 is 0 Å². The Kier molecular flexibility index (Phi) is 8.99. The highest BCUT2D eigenvalue weighted by atomic mass is 127. The van der Waals surface area contributed by atoms with Gasteiger partial charge < -0.3 is 15.0 Å². The molecule has 20 heavy (non-hydrogen) atoms. The Balaban J connectivity index is 0.00000361. The van der Waals surface area contributed by atoms with Crippen molar-refractivity contribution in [2.24, 2.45) is 16.8 Å². The Morgan fingerprint density at radius 1 is 1.50 bits per heavy atom. The van der Waals surface area contributed by atoms with Crippen molar-refractivity contribution in [1.82, 2.24) is 10.2 Å². The second-order valence-electron chi connectivity index (χ2n) is 4.60. The maximum atomic E-state index is 12.2. The van der Waals surface area contributed by atoms with Gasteiger partial charge in [-0.2, -0.15) is 0 Å². The van der Waals surface area contributed by atoms with Crippen LogP contribution in [0.1, 0.15) is 13.8 Å². The Labute approximate surface area is 135 Å². The molecule has 2 unspecified atom stereocenters. The molecule has 2 atom stereocenters. The van der Waals surface area contributed by atoms with Crippen molar-refractivity contribution in [2.75, 3.05) is 33.3 Å². The van der Waals surface area contributed by atoms with E-state index in [0.29, 0.717) is 25.6 Å². The molecule has 1 aliphatic heterocycles. The molecular weight excluding hydrogens is 383 g/mol. The number of halogens is 3. The van der Waals surface area contributed by atoms with Crippen LogP contribution in [0.4, 0.5) is 8.78 Å². The van der Waals surface area contributed by atoms with Gasteiger partial charge in [-0.3, -0.25) is 4.79 Å². The van der Waals surface area contributed by atoms with E-state index < -0.39 is 13.0 Å². The van der Waals surface area contributed by atoms with Crippen LogP contribution in [0.25, 0.3) is 0 Å². The van der Waals surface area contributed by atoms with Crippen LogP contribution in [0.3, 0.4) is 0 Å². The fourth-order valence-electron chi connectivity index (χ4n) is 2.18. The van der Waals surface area contributed by atoms with E-state index in [2.05, 4.69) is 10.3 Å². The predicted octanol–water partition coefficient (Wildman–Crippen LogP) is 1.58. The molecule has 1 aliphatic rings. The number of nitrogens with zero attached hydrogens (tertiary/aromatic N) is 2. The third kappa shape index (κ3) is 5.37. The van der Waals surface area contributed by atoms with E-state index in [1.165, 1.54) is 7.11 Å². The van der Waals surface area contributed by atoms with E-state index in [0.717, 1.165) is 0 Å². The molecule has 118 valence electrons. The van der Waals surface area contributed by atoms with Crippen LogP contribution in [0.2, 0.25) is 0 Å². The Bertz CT molecular complexity index is 343. The first-order valence-corrected chi connectivity index (χ1v) is 6.38. The van der Waals surface area contributed by atoms with Gasteiger partial charge >= 0.3 is 5.97 Å². The third-order valence-electron chi connectivity index (χ3n) is 3.13. The van der Waals surface area contributed by atoms with Crippen molar-refractivity contribution in [3.05, 3.63) is 0 Å². The summed E-state index contributed by atoms with van der Waals surface area (Å²) in [6, 6.07) is 0. The second kappa shape index (κ2) is 9.30. The van der Waals surface area contributed by atoms with Gasteiger partial charge in [0.25, 0.3) is 6.43 Å².